The van der Waals surface area contributed by atoms with E-state index in [0.29, 0.717) is 0 Å². The summed E-state index contributed by atoms with van der Waals surface area (Å²) >= 11 is 0. The molecule has 0 amide bonds. The molecule has 0 aliphatic rings. The van der Waals surface area contributed by atoms with E-state index in [0.717, 1.165) is 10.8 Å². The van der Waals surface area contributed by atoms with Gasteiger partial charge in [0.15, 0.2) is 0 Å². The molecule has 0 bridgehead atoms. The van der Waals surface area contributed by atoms with Gasteiger partial charge in [-0.25, -0.2) is 8.42 Å². The van der Waals surface area contributed by atoms with Gasteiger partial charge in [-0.15, -0.1) is 0 Å². The van der Waals surface area contributed by atoms with Crippen molar-refractivity contribution < 1.29 is 13.3 Å². The fourth-order valence-electron chi connectivity index (χ4n) is 1.49. The molecule has 0 aromatic heterocycles. The molecular weight excluding hydrogens is 226 g/mol. The summed E-state index contributed by atoms with van der Waals surface area (Å²) < 4.78 is 23.3. The van der Waals surface area contributed by atoms with Crippen LogP contribution >= 0.6 is 0 Å². The zero-order chi connectivity index (χ0) is 11.6. The number of hydrogen-bond donors (Lipinski definition) is 1. The van der Waals surface area contributed by atoms with E-state index in [4.69, 9.17) is 0 Å². The van der Waals surface area contributed by atoms with E-state index >= 15 is 0 Å². The van der Waals surface area contributed by atoms with Crippen LogP contribution in [-0.2, 0) is 14.9 Å². The largest absolute Gasteiger partial charge is 0.290 e. The van der Waals surface area contributed by atoms with Crippen LogP contribution in [0.1, 0.15) is 0 Å². The van der Waals surface area contributed by atoms with Crippen LogP contribution in [0.25, 0.3) is 10.8 Å². The number of fused-ring (bicyclic) bond motifs is 1. The van der Waals surface area contributed by atoms with E-state index in [1.807, 2.05) is 29.2 Å². The molecule has 0 aliphatic heterocycles. The van der Waals surface area contributed by atoms with Gasteiger partial charge in [-0.1, -0.05) is 35.2 Å². The summed E-state index contributed by atoms with van der Waals surface area (Å²) in [5, 5.41) is 1.88. The van der Waals surface area contributed by atoms with Crippen LogP contribution < -0.4 is 4.89 Å². The minimum Gasteiger partial charge on any atom is -0.290 e. The van der Waals surface area contributed by atoms with Gasteiger partial charge in [-0.3, -0.25) is 4.84 Å². The first-order chi connectivity index (χ1) is 7.63. The fourth-order valence-corrected chi connectivity index (χ4v) is 2.34. The van der Waals surface area contributed by atoms with Gasteiger partial charge in [0.05, 0.1) is 12.0 Å². The first-order valence-electron chi connectivity index (χ1n) is 4.67. The molecule has 0 radical (unpaired) electrons. The summed E-state index contributed by atoms with van der Waals surface area (Å²) in [6, 6.07) is 12.5. The van der Waals surface area contributed by atoms with Crippen LogP contribution in [0.4, 0.5) is 0 Å². The average Bonchev–Trinajstić information content (AvgIpc) is 2.28. The van der Waals surface area contributed by atoms with Crippen LogP contribution in [0, 0.1) is 0 Å². The normalized spacial score (nSPS) is 11.8. The van der Waals surface area contributed by atoms with Gasteiger partial charge in [0, 0.05) is 0 Å². The Morgan fingerprint density at radius 2 is 1.75 bits per heavy atom. The lowest BCUT2D eigenvalue weighted by Crippen LogP contribution is -2.22. The van der Waals surface area contributed by atoms with E-state index in [9.17, 15) is 8.42 Å². The third-order valence-corrected chi connectivity index (χ3v) is 3.48. The Morgan fingerprint density at radius 3 is 2.44 bits per heavy atom. The predicted octanol–water partition coefficient (Wildman–Crippen LogP) is 1.68. The first kappa shape index (κ1) is 11.1. The number of rotatable bonds is 3. The molecular formula is C11H11NO3S. The van der Waals surface area contributed by atoms with Gasteiger partial charge in [-0.05, 0) is 22.9 Å². The van der Waals surface area contributed by atoms with E-state index in [2.05, 4.69) is 4.84 Å². The molecule has 2 aromatic carbocycles. The third kappa shape index (κ3) is 2.06. The van der Waals surface area contributed by atoms with Crippen molar-refractivity contribution in [3.05, 3.63) is 42.5 Å². The Labute approximate surface area is 93.9 Å². The second kappa shape index (κ2) is 4.21. The molecule has 16 heavy (non-hydrogen) atoms. The lowest BCUT2D eigenvalue weighted by atomic mass is 10.1. The Hall–Kier alpha value is -1.43. The standard InChI is InChI=1S/C11H11NO3S/c1-15-12-16(13,14)11-7-6-9-4-2-3-5-10(9)8-11/h2-8,12H,1H3. The van der Waals surface area contributed by atoms with Crippen molar-refractivity contribution in [1.82, 2.24) is 4.89 Å². The van der Waals surface area contributed by atoms with Crippen molar-refractivity contribution in [2.24, 2.45) is 0 Å². The molecule has 0 unspecified atom stereocenters. The van der Waals surface area contributed by atoms with Crippen LogP contribution in [0.5, 0.6) is 0 Å². The van der Waals surface area contributed by atoms with Gasteiger partial charge in [-0.2, -0.15) is 0 Å². The highest BCUT2D eigenvalue weighted by Gasteiger charge is 2.13. The smallest absolute Gasteiger partial charge is 0.262 e. The second-order valence-electron chi connectivity index (χ2n) is 3.30. The van der Waals surface area contributed by atoms with Gasteiger partial charge in [0.25, 0.3) is 10.0 Å². The van der Waals surface area contributed by atoms with Crippen molar-refractivity contribution in [3.8, 4) is 0 Å². The van der Waals surface area contributed by atoms with E-state index < -0.39 is 10.0 Å². The summed E-state index contributed by atoms with van der Waals surface area (Å²) in [6.07, 6.45) is 0. The van der Waals surface area contributed by atoms with Crippen molar-refractivity contribution in [3.63, 3.8) is 0 Å². The lowest BCUT2D eigenvalue weighted by Gasteiger charge is -2.05. The number of sulfonamides is 1. The van der Waals surface area contributed by atoms with Crippen LogP contribution in [0.3, 0.4) is 0 Å². The Kier molecular flexibility index (Phi) is 2.91. The molecule has 0 atom stereocenters. The van der Waals surface area contributed by atoms with E-state index in [-0.39, 0.29) is 4.90 Å². The molecule has 1 N–H and O–H groups in total. The summed E-state index contributed by atoms with van der Waals surface area (Å²) in [4.78, 5) is 6.60. The van der Waals surface area contributed by atoms with Crippen molar-refractivity contribution in [2.75, 3.05) is 7.11 Å². The molecule has 2 rings (SSSR count). The van der Waals surface area contributed by atoms with Crippen molar-refractivity contribution in [2.45, 2.75) is 4.90 Å². The van der Waals surface area contributed by atoms with Crippen molar-refractivity contribution in [1.29, 1.82) is 0 Å². The van der Waals surface area contributed by atoms with Crippen LogP contribution in [0.15, 0.2) is 47.4 Å². The SMILES string of the molecule is CONS(=O)(=O)c1ccc2ccccc2c1. The second-order valence-corrected chi connectivity index (χ2v) is 4.94. The van der Waals surface area contributed by atoms with Crippen LogP contribution in [0.2, 0.25) is 0 Å². The lowest BCUT2D eigenvalue weighted by molar-refractivity contribution is 0.153. The minimum atomic E-state index is -3.57. The van der Waals surface area contributed by atoms with Gasteiger partial charge < -0.3 is 0 Å². The van der Waals surface area contributed by atoms with Gasteiger partial charge >= 0.3 is 0 Å². The maximum Gasteiger partial charge on any atom is 0.262 e. The number of hydrogen-bond acceptors (Lipinski definition) is 3. The molecule has 0 aliphatic carbocycles. The summed E-state index contributed by atoms with van der Waals surface area (Å²) in [6.45, 7) is 0. The molecule has 0 saturated heterocycles. The molecule has 0 heterocycles. The van der Waals surface area contributed by atoms with Crippen LogP contribution in [-0.4, -0.2) is 15.5 Å². The zero-order valence-corrected chi connectivity index (χ0v) is 9.49. The molecule has 0 spiro atoms. The summed E-state index contributed by atoms with van der Waals surface area (Å²) in [7, 11) is -2.31. The van der Waals surface area contributed by atoms with E-state index in [1.54, 1.807) is 18.2 Å². The highest BCUT2D eigenvalue weighted by molar-refractivity contribution is 7.89. The predicted molar refractivity (Wildman–Crippen MR) is 61.3 cm³/mol. The monoisotopic (exact) mass is 237 g/mol. The quantitative estimate of drug-likeness (QED) is 0.826. The van der Waals surface area contributed by atoms with Gasteiger partial charge in [0.1, 0.15) is 0 Å². The van der Waals surface area contributed by atoms with E-state index in [1.165, 1.54) is 7.11 Å². The van der Waals surface area contributed by atoms with Crippen molar-refractivity contribution >= 4 is 20.8 Å². The van der Waals surface area contributed by atoms with Gasteiger partial charge in [0.2, 0.25) is 0 Å². The Bertz CT molecular complexity index is 607. The zero-order valence-electron chi connectivity index (χ0n) is 8.67. The topological polar surface area (TPSA) is 55.4 Å². The Balaban J connectivity index is 2.55. The minimum absolute atomic E-state index is 0.188. The maximum atomic E-state index is 11.6. The Morgan fingerprint density at radius 1 is 1.06 bits per heavy atom. The number of nitrogens with one attached hydrogen (secondary N) is 1. The molecule has 2 aromatic rings. The third-order valence-electron chi connectivity index (χ3n) is 2.22. The molecule has 4 nitrogen and oxygen atoms in total. The first-order valence-corrected chi connectivity index (χ1v) is 6.15. The highest BCUT2D eigenvalue weighted by atomic mass is 32.2. The maximum absolute atomic E-state index is 11.6. The highest BCUT2D eigenvalue weighted by Crippen LogP contribution is 2.18. The molecule has 0 saturated carbocycles. The molecule has 84 valence electrons. The average molecular weight is 237 g/mol. The summed E-state index contributed by atoms with van der Waals surface area (Å²) in [5.74, 6) is 0. The fraction of sp³-hybridized carbons (Fsp3) is 0.0909. The molecule has 0 fully saturated rings. The number of benzene rings is 2. The molecule has 5 heteroatoms. The summed E-state index contributed by atoms with van der Waals surface area (Å²) in [5.41, 5.74) is 0.